The van der Waals surface area contributed by atoms with Crippen LogP contribution in [0.5, 0.6) is 0 Å². The van der Waals surface area contributed by atoms with E-state index in [2.05, 4.69) is 9.47 Å². The van der Waals surface area contributed by atoms with Crippen molar-refractivity contribution in [2.24, 2.45) is 0 Å². The summed E-state index contributed by atoms with van der Waals surface area (Å²) in [7, 11) is 0. The summed E-state index contributed by atoms with van der Waals surface area (Å²) in [6.07, 6.45) is -0.784. The molecule has 0 aromatic rings. The van der Waals surface area contributed by atoms with Gasteiger partial charge in [-0.2, -0.15) is 0 Å². The number of aliphatic hydroxyl groups excluding tert-OH is 2. The molecule has 0 rings (SSSR count). The molecule has 0 saturated carbocycles. The van der Waals surface area contributed by atoms with Crippen molar-refractivity contribution in [2.45, 2.75) is 51.7 Å². The summed E-state index contributed by atoms with van der Waals surface area (Å²) in [5.41, 5.74) is 0. The standard InChI is InChI=1S/C12H22O6.Sn.2H/c1-3-5-7-17-11(15)9(13)10(14)12(16)18-8-6-4-2;;;/h9-10,13-14H,3-8H2,1-2H3;;;. The first-order chi connectivity index (χ1) is 8.54. The van der Waals surface area contributed by atoms with Gasteiger partial charge >= 0.3 is 35.8 Å². The maximum atomic E-state index is 11.3. The Morgan fingerprint density at radius 2 is 1.21 bits per heavy atom. The van der Waals surface area contributed by atoms with E-state index in [1.807, 2.05) is 13.8 Å². The van der Waals surface area contributed by atoms with Gasteiger partial charge in [0.1, 0.15) is 0 Å². The van der Waals surface area contributed by atoms with Crippen molar-refractivity contribution in [1.82, 2.24) is 0 Å². The molecular formula is C12H24O6Sn. The Morgan fingerprint density at radius 1 is 0.895 bits per heavy atom. The van der Waals surface area contributed by atoms with E-state index in [-0.39, 0.29) is 37.1 Å². The van der Waals surface area contributed by atoms with Gasteiger partial charge in [-0.15, -0.1) is 0 Å². The second-order valence-electron chi connectivity index (χ2n) is 3.93. The fraction of sp³-hybridized carbons (Fsp3) is 0.833. The van der Waals surface area contributed by atoms with Crippen molar-refractivity contribution in [3.8, 4) is 0 Å². The molecule has 2 atom stereocenters. The van der Waals surface area contributed by atoms with Crippen LogP contribution in [0.25, 0.3) is 0 Å². The number of hydrogen-bond donors (Lipinski definition) is 2. The molecule has 2 unspecified atom stereocenters. The molecule has 0 saturated heterocycles. The zero-order valence-electron chi connectivity index (χ0n) is 11.6. The molecule has 0 aliphatic rings. The van der Waals surface area contributed by atoms with Gasteiger partial charge in [0.15, 0.2) is 12.2 Å². The first-order valence-electron chi connectivity index (χ1n) is 6.24. The predicted octanol–water partition coefficient (Wildman–Crippen LogP) is -0.521. The third-order valence-corrected chi connectivity index (χ3v) is 2.27. The van der Waals surface area contributed by atoms with Gasteiger partial charge in [0.05, 0.1) is 13.2 Å². The fourth-order valence-corrected chi connectivity index (χ4v) is 1.06. The third-order valence-electron chi connectivity index (χ3n) is 2.27. The van der Waals surface area contributed by atoms with E-state index in [9.17, 15) is 19.8 Å². The summed E-state index contributed by atoms with van der Waals surface area (Å²) in [5.74, 6) is -2.02. The minimum atomic E-state index is -1.89. The van der Waals surface area contributed by atoms with Gasteiger partial charge in [-0.05, 0) is 12.8 Å². The van der Waals surface area contributed by atoms with E-state index in [1.54, 1.807) is 0 Å². The van der Waals surface area contributed by atoms with E-state index in [1.165, 1.54) is 0 Å². The van der Waals surface area contributed by atoms with Crippen molar-refractivity contribution in [3.05, 3.63) is 0 Å². The average molecular weight is 383 g/mol. The van der Waals surface area contributed by atoms with Crippen LogP contribution in [0, 0.1) is 0 Å². The molecule has 19 heavy (non-hydrogen) atoms. The van der Waals surface area contributed by atoms with Gasteiger partial charge < -0.3 is 19.7 Å². The first-order valence-corrected chi connectivity index (χ1v) is 6.24. The van der Waals surface area contributed by atoms with Crippen LogP contribution in [0.3, 0.4) is 0 Å². The normalized spacial score (nSPS) is 13.1. The zero-order chi connectivity index (χ0) is 14.0. The Morgan fingerprint density at radius 3 is 1.47 bits per heavy atom. The van der Waals surface area contributed by atoms with E-state index in [0.717, 1.165) is 12.8 Å². The Balaban J connectivity index is 0. The number of hydrogen-bond acceptors (Lipinski definition) is 6. The molecule has 2 radical (unpaired) electrons. The SMILES string of the molecule is CCCCOC(=O)C(O)C(O)C(=O)OCCCC.[SnH2]. The van der Waals surface area contributed by atoms with Crippen molar-refractivity contribution >= 4 is 35.8 Å². The summed E-state index contributed by atoms with van der Waals surface area (Å²) < 4.78 is 9.37. The molecule has 0 aromatic heterocycles. The van der Waals surface area contributed by atoms with Gasteiger partial charge in [-0.1, -0.05) is 26.7 Å². The van der Waals surface area contributed by atoms with Crippen LogP contribution in [0.1, 0.15) is 39.5 Å². The van der Waals surface area contributed by atoms with Gasteiger partial charge in [0, 0.05) is 0 Å². The van der Waals surface area contributed by atoms with Gasteiger partial charge in [0.2, 0.25) is 0 Å². The molecule has 0 spiro atoms. The van der Waals surface area contributed by atoms with E-state index < -0.39 is 24.1 Å². The molecular weight excluding hydrogens is 359 g/mol. The summed E-state index contributed by atoms with van der Waals surface area (Å²) in [5, 5.41) is 18.8. The first kappa shape index (κ1) is 21.0. The van der Waals surface area contributed by atoms with Crippen LogP contribution in [-0.4, -0.2) is 71.5 Å². The Bertz CT molecular complexity index is 233. The monoisotopic (exact) mass is 384 g/mol. The number of aliphatic hydroxyl groups is 2. The van der Waals surface area contributed by atoms with Crippen LogP contribution in [-0.2, 0) is 19.1 Å². The third kappa shape index (κ3) is 9.23. The van der Waals surface area contributed by atoms with Crippen molar-refractivity contribution in [2.75, 3.05) is 13.2 Å². The van der Waals surface area contributed by atoms with Crippen LogP contribution in [0.15, 0.2) is 0 Å². The van der Waals surface area contributed by atoms with Crippen molar-refractivity contribution in [3.63, 3.8) is 0 Å². The summed E-state index contributed by atoms with van der Waals surface area (Å²) >= 11 is 0. The van der Waals surface area contributed by atoms with Crippen molar-refractivity contribution in [1.29, 1.82) is 0 Å². The quantitative estimate of drug-likeness (QED) is 0.316. The van der Waals surface area contributed by atoms with Crippen LogP contribution in [0.2, 0.25) is 0 Å². The maximum absolute atomic E-state index is 11.3. The van der Waals surface area contributed by atoms with E-state index in [4.69, 9.17) is 0 Å². The molecule has 0 aliphatic heterocycles. The molecule has 7 heteroatoms. The Labute approximate surface area is 130 Å². The summed E-state index contributed by atoms with van der Waals surface area (Å²) in [6.45, 7) is 4.16. The molecule has 0 aromatic carbocycles. The van der Waals surface area contributed by atoms with E-state index in [0.29, 0.717) is 12.8 Å². The number of rotatable bonds is 9. The number of ether oxygens (including phenoxy) is 2. The summed E-state index contributed by atoms with van der Waals surface area (Å²) in [4.78, 5) is 22.5. The van der Waals surface area contributed by atoms with Crippen LogP contribution < -0.4 is 0 Å². The number of esters is 2. The molecule has 0 aliphatic carbocycles. The molecule has 2 N–H and O–H groups in total. The predicted molar refractivity (Wildman–Crippen MR) is 72.3 cm³/mol. The molecule has 0 amide bonds. The molecule has 0 bridgehead atoms. The molecule has 6 nitrogen and oxygen atoms in total. The number of unbranched alkanes of at least 4 members (excludes halogenated alkanes) is 2. The second-order valence-corrected chi connectivity index (χ2v) is 3.93. The number of carbonyl (C=O) groups is 2. The van der Waals surface area contributed by atoms with E-state index >= 15 is 0 Å². The number of carbonyl (C=O) groups excluding carboxylic acids is 2. The second kappa shape index (κ2) is 12.7. The van der Waals surface area contributed by atoms with Crippen LogP contribution >= 0.6 is 0 Å². The summed E-state index contributed by atoms with van der Waals surface area (Å²) in [6, 6.07) is 0. The Hall–Kier alpha value is -0.341. The molecule has 112 valence electrons. The fourth-order valence-electron chi connectivity index (χ4n) is 1.06. The Kier molecular flexibility index (Phi) is 14.0. The van der Waals surface area contributed by atoms with Gasteiger partial charge in [-0.3, -0.25) is 0 Å². The molecule has 0 fully saturated rings. The molecule has 0 heterocycles. The average Bonchev–Trinajstić information content (AvgIpc) is 2.37. The van der Waals surface area contributed by atoms with Crippen molar-refractivity contribution < 1.29 is 29.3 Å². The zero-order valence-corrected chi connectivity index (χ0v) is 15.7. The van der Waals surface area contributed by atoms with Gasteiger partial charge in [-0.25, -0.2) is 9.59 Å². The minimum absolute atomic E-state index is 0. The van der Waals surface area contributed by atoms with Gasteiger partial charge in [0.25, 0.3) is 0 Å². The van der Waals surface area contributed by atoms with Crippen LogP contribution in [0.4, 0.5) is 0 Å². The topological polar surface area (TPSA) is 93.1 Å².